The zero-order valence-electron chi connectivity index (χ0n) is 8.06. The first-order valence-corrected chi connectivity index (χ1v) is 4.99. The van der Waals surface area contributed by atoms with Gasteiger partial charge in [0.25, 0.3) is 0 Å². The normalized spacial score (nSPS) is 11.9. The fourth-order valence-electron chi connectivity index (χ4n) is 0.888. The monoisotopic (exact) mass is 229 g/mol. The summed E-state index contributed by atoms with van der Waals surface area (Å²) in [5, 5.41) is 0. The van der Waals surface area contributed by atoms with E-state index >= 15 is 0 Å². The summed E-state index contributed by atoms with van der Waals surface area (Å²) in [5.41, 5.74) is 5.31. The lowest BCUT2D eigenvalue weighted by Crippen LogP contribution is -2.29. The molecule has 0 bridgehead atoms. The third kappa shape index (κ3) is 4.18. The molecule has 0 amide bonds. The Labute approximate surface area is 92.9 Å². The van der Waals surface area contributed by atoms with Crippen LogP contribution >= 0.6 is 11.6 Å². The van der Waals surface area contributed by atoms with E-state index in [0.29, 0.717) is 5.75 Å². The van der Waals surface area contributed by atoms with Crippen LogP contribution in [-0.2, 0) is 4.74 Å². The third-order valence-electron chi connectivity index (χ3n) is 1.64. The highest BCUT2D eigenvalue weighted by atomic mass is 35.5. The fourth-order valence-corrected chi connectivity index (χ4v) is 1.08. The van der Waals surface area contributed by atoms with Crippen LogP contribution in [0, 0.1) is 0 Å². The van der Waals surface area contributed by atoms with E-state index in [1.165, 1.54) is 0 Å². The molecule has 2 N–H and O–H groups in total. The average Bonchev–Trinajstić information content (AvgIpc) is 2.27. The van der Waals surface area contributed by atoms with Gasteiger partial charge < -0.3 is 15.2 Å². The molecule has 0 aliphatic carbocycles. The Hall–Kier alpha value is -1.26. The first-order chi connectivity index (χ1) is 7.26. The Balaban J connectivity index is 2.43. The second kappa shape index (κ2) is 6.27. The van der Waals surface area contributed by atoms with Crippen LogP contribution < -0.4 is 10.5 Å². The van der Waals surface area contributed by atoms with Gasteiger partial charge in [-0.3, -0.25) is 0 Å². The van der Waals surface area contributed by atoms with Crippen molar-refractivity contribution in [1.82, 2.24) is 0 Å². The van der Waals surface area contributed by atoms with Crippen LogP contribution in [0.2, 0.25) is 0 Å². The molecule has 0 heterocycles. The summed E-state index contributed by atoms with van der Waals surface area (Å²) in [5.74, 6) is 0.577. The van der Waals surface area contributed by atoms with Gasteiger partial charge >= 0.3 is 6.16 Å². The summed E-state index contributed by atoms with van der Waals surface area (Å²) in [4.78, 5) is 11.2. The molecule has 0 fully saturated rings. The molecule has 0 saturated carbocycles. The smallest absolute Gasteiger partial charge is 0.428 e. The van der Waals surface area contributed by atoms with Gasteiger partial charge in [0.2, 0.25) is 0 Å². The molecular formula is C10H12ClNO3. The van der Waals surface area contributed by atoms with Crippen LogP contribution in [0.15, 0.2) is 30.3 Å². The van der Waals surface area contributed by atoms with E-state index < -0.39 is 12.3 Å². The maximum atomic E-state index is 11.2. The Bertz CT molecular complexity index is 301. The summed E-state index contributed by atoms with van der Waals surface area (Å²) >= 11 is 5.50. The highest BCUT2D eigenvalue weighted by Gasteiger charge is 2.13. The highest BCUT2D eigenvalue weighted by molar-refractivity contribution is 6.18. The van der Waals surface area contributed by atoms with E-state index in [-0.39, 0.29) is 12.4 Å². The fraction of sp³-hybridized carbons (Fsp3) is 0.300. The lowest BCUT2D eigenvalue weighted by Gasteiger charge is -2.12. The molecule has 1 rings (SSSR count). The Morgan fingerprint density at radius 1 is 1.40 bits per heavy atom. The molecule has 1 aromatic rings. The number of carbonyl (C=O) groups is 1. The third-order valence-corrected chi connectivity index (χ3v) is 1.99. The number of hydrogen-bond acceptors (Lipinski definition) is 4. The van der Waals surface area contributed by atoms with Crippen LogP contribution in [0.1, 0.15) is 0 Å². The van der Waals surface area contributed by atoms with Gasteiger partial charge in [-0.1, -0.05) is 18.2 Å². The summed E-state index contributed by atoms with van der Waals surface area (Å²) in [6, 6.07) is 8.63. The number of benzene rings is 1. The minimum absolute atomic E-state index is 0.153. The lowest BCUT2D eigenvalue weighted by molar-refractivity contribution is 0.0702. The van der Waals surface area contributed by atoms with E-state index in [4.69, 9.17) is 26.8 Å². The van der Waals surface area contributed by atoms with Gasteiger partial charge in [-0.05, 0) is 12.1 Å². The average molecular weight is 230 g/mol. The molecule has 5 heteroatoms. The summed E-state index contributed by atoms with van der Waals surface area (Å²) in [7, 11) is 0. The number of rotatable bonds is 4. The van der Waals surface area contributed by atoms with Crippen LogP contribution in [0.5, 0.6) is 5.75 Å². The van der Waals surface area contributed by atoms with Gasteiger partial charge in [-0.25, -0.2) is 4.79 Å². The molecule has 0 unspecified atom stereocenters. The van der Waals surface area contributed by atoms with Crippen molar-refractivity contribution in [1.29, 1.82) is 0 Å². The molecular weight excluding hydrogens is 218 g/mol. The van der Waals surface area contributed by atoms with Crippen molar-refractivity contribution in [2.24, 2.45) is 5.73 Å². The standard InChI is InChI=1S/C10H12ClNO3/c11-6-9(7-12)15-10(13)14-8-4-2-1-3-5-8/h1-5,9H,6-7,12H2/t9-/m0/s1. The second-order valence-electron chi connectivity index (χ2n) is 2.79. The van der Waals surface area contributed by atoms with Crippen molar-refractivity contribution in [3.8, 4) is 5.75 Å². The van der Waals surface area contributed by atoms with E-state index in [9.17, 15) is 4.79 Å². The van der Waals surface area contributed by atoms with E-state index in [1.807, 2.05) is 6.07 Å². The first kappa shape index (κ1) is 11.8. The van der Waals surface area contributed by atoms with Gasteiger partial charge in [0.15, 0.2) is 0 Å². The van der Waals surface area contributed by atoms with Crippen molar-refractivity contribution >= 4 is 17.8 Å². The molecule has 15 heavy (non-hydrogen) atoms. The molecule has 0 spiro atoms. The van der Waals surface area contributed by atoms with Crippen LogP contribution in [0.25, 0.3) is 0 Å². The minimum Gasteiger partial charge on any atom is -0.428 e. The summed E-state index contributed by atoms with van der Waals surface area (Å²) in [6.07, 6.45) is -1.31. The van der Waals surface area contributed by atoms with Crippen molar-refractivity contribution < 1.29 is 14.3 Å². The molecule has 0 aromatic heterocycles. The number of ether oxygens (including phenoxy) is 2. The topological polar surface area (TPSA) is 61.5 Å². The quantitative estimate of drug-likeness (QED) is 0.486. The highest BCUT2D eigenvalue weighted by Crippen LogP contribution is 2.09. The number of alkyl halides is 1. The lowest BCUT2D eigenvalue weighted by atomic mass is 10.3. The van der Waals surface area contributed by atoms with Crippen molar-refractivity contribution in [3.63, 3.8) is 0 Å². The van der Waals surface area contributed by atoms with Gasteiger partial charge in [0.05, 0.1) is 5.88 Å². The minimum atomic E-state index is -0.794. The second-order valence-corrected chi connectivity index (χ2v) is 3.10. The number of nitrogens with two attached hydrogens (primary N) is 1. The zero-order chi connectivity index (χ0) is 11.1. The summed E-state index contributed by atoms with van der Waals surface area (Å²) < 4.78 is 9.71. The van der Waals surface area contributed by atoms with E-state index in [1.54, 1.807) is 24.3 Å². The van der Waals surface area contributed by atoms with Crippen molar-refractivity contribution in [3.05, 3.63) is 30.3 Å². The molecule has 4 nitrogen and oxygen atoms in total. The van der Waals surface area contributed by atoms with E-state index in [0.717, 1.165) is 0 Å². The molecule has 0 radical (unpaired) electrons. The number of carbonyl (C=O) groups excluding carboxylic acids is 1. The molecule has 1 aromatic carbocycles. The van der Waals surface area contributed by atoms with Gasteiger partial charge in [-0.2, -0.15) is 0 Å². The largest absolute Gasteiger partial charge is 0.514 e. The van der Waals surface area contributed by atoms with Gasteiger partial charge in [-0.15, -0.1) is 11.6 Å². The number of hydrogen-bond donors (Lipinski definition) is 1. The van der Waals surface area contributed by atoms with Gasteiger partial charge in [0.1, 0.15) is 11.9 Å². The molecule has 0 aliphatic heterocycles. The Morgan fingerprint density at radius 3 is 2.60 bits per heavy atom. The maximum Gasteiger partial charge on any atom is 0.514 e. The predicted octanol–water partition coefficient (Wildman–Crippen LogP) is 1.77. The number of para-hydroxylation sites is 1. The van der Waals surface area contributed by atoms with Gasteiger partial charge in [0, 0.05) is 6.54 Å². The summed E-state index contributed by atoms with van der Waals surface area (Å²) in [6.45, 7) is 0.174. The Morgan fingerprint density at radius 2 is 2.07 bits per heavy atom. The molecule has 1 atom stereocenters. The molecule has 0 aliphatic rings. The van der Waals surface area contributed by atoms with Crippen molar-refractivity contribution in [2.75, 3.05) is 12.4 Å². The van der Waals surface area contributed by atoms with Crippen molar-refractivity contribution in [2.45, 2.75) is 6.10 Å². The Kier molecular flexibility index (Phi) is 4.93. The first-order valence-electron chi connectivity index (χ1n) is 4.45. The van der Waals surface area contributed by atoms with Crippen LogP contribution in [0.3, 0.4) is 0 Å². The maximum absolute atomic E-state index is 11.2. The predicted molar refractivity (Wildman–Crippen MR) is 57.1 cm³/mol. The van der Waals surface area contributed by atoms with Crippen LogP contribution in [0.4, 0.5) is 4.79 Å². The molecule has 82 valence electrons. The van der Waals surface area contributed by atoms with Crippen LogP contribution in [-0.4, -0.2) is 24.7 Å². The van der Waals surface area contributed by atoms with E-state index in [2.05, 4.69) is 0 Å². The number of halogens is 1. The zero-order valence-corrected chi connectivity index (χ0v) is 8.81. The molecule has 0 saturated heterocycles. The SMILES string of the molecule is NC[C@H](CCl)OC(=O)Oc1ccccc1.